The summed E-state index contributed by atoms with van der Waals surface area (Å²) in [4.78, 5) is 20.3. The van der Waals surface area contributed by atoms with Crippen LogP contribution in [-0.2, 0) is 29.3 Å². The Morgan fingerprint density at radius 2 is 1.93 bits per heavy atom. The van der Waals surface area contributed by atoms with Crippen LogP contribution in [0.15, 0.2) is 65.8 Å². The number of fused-ring (bicyclic) bond motifs is 1. The molecule has 1 fully saturated rings. The molecule has 12 heteroatoms. The molecular formula is C29H30N8O3S. The van der Waals surface area contributed by atoms with E-state index < -0.39 is 9.84 Å². The highest BCUT2D eigenvalue weighted by molar-refractivity contribution is 7.90. The Hall–Kier alpha value is -4.45. The quantitative estimate of drug-likeness (QED) is 0.228. The zero-order valence-electron chi connectivity index (χ0n) is 22.6. The van der Waals surface area contributed by atoms with Gasteiger partial charge in [0, 0.05) is 35.6 Å². The van der Waals surface area contributed by atoms with Crippen molar-refractivity contribution in [1.29, 1.82) is 0 Å². The van der Waals surface area contributed by atoms with E-state index in [1.165, 1.54) is 6.26 Å². The Bertz CT molecular complexity index is 1810. The van der Waals surface area contributed by atoms with Crippen LogP contribution in [0, 0.1) is 0 Å². The van der Waals surface area contributed by atoms with Gasteiger partial charge in [-0.25, -0.2) is 8.42 Å². The van der Waals surface area contributed by atoms with E-state index in [0.717, 1.165) is 65.7 Å². The normalized spacial score (nSPS) is 13.5. The second-order valence-corrected chi connectivity index (χ2v) is 12.4. The van der Waals surface area contributed by atoms with Crippen LogP contribution in [0.2, 0.25) is 0 Å². The second kappa shape index (κ2) is 11.2. The lowest BCUT2D eigenvalue weighted by Gasteiger charge is -2.07. The summed E-state index contributed by atoms with van der Waals surface area (Å²) >= 11 is 0. The molecule has 1 saturated carbocycles. The maximum atomic E-state index is 12.4. The Morgan fingerprint density at radius 3 is 2.71 bits per heavy atom. The molecule has 0 radical (unpaired) electrons. The number of aryl methyl sites for hydroxylation is 2. The summed E-state index contributed by atoms with van der Waals surface area (Å²) in [5.74, 6) is 0.134. The zero-order chi connectivity index (χ0) is 28.4. The van der Waals surface area contributed by atoms with Gasteiger partial charge in [0.15, 0.2) is 21.2 Å². The largest absolute Gasteiger partial charge is 0.345 e. The third kappa shape index (κ3) is 6.17. The maximum absolute atomic E-state index is 12.4. The number of aromatic amines is 1. The topological polar surface area (TPSA) is 148 Å². The minimum absolute atomic E-state index is 0.267. The van der Waals surface area contributed by atoms with Gasteiger partial charge < -0.3 is 10.3 Å². The predicted molar refractivity (Wildman–Crippen MR) is 153 cm³/mol. The first kappa shape index (κ1) is 26.8. The van der Waals surface area contributed by atoms with Gasteiger partial charge in [-0.05, 0) is 73.9 Å². The summed E-state index contributed by atoms with van der Waals surface area (Å²) < 4.78 is 26.1. The van der Waals surface area contributed by atoms with Crippen molar-refractivity contribution in [2.75, 3.05) is 6.26 Å². The van der Waals surface area contributed by atoms with E-state index in [1.54, 1.807) is 35.3 Å². The standard InChI is InChI=1S/C29H30N8O3S/c1-41(39,40)23-10-6-7-20(15-23)26-24-16-21(33-35-28(24)32-27(26)19-11-12-19)8-3-5-14-37-18-25(34-36-37)29(38)31-17-22-9-2-4-13-30-22/h2,4,6-7,9-10,13,15-16,18-19H,3,5,8,11-12,14,17H2,1H3,(H,31,38)(H,32,35). The minimum Gasteiger partial charge on any atom is -0.345 e. The van der Waals surface area contributed by atoms with E-state index in [4.69, 9.17) is 0 Å². The molecule has 0 aliphatic heterocycles. The first-order valence-corrected chi connectivity index (χ1v) is 15.5. The molecule has 41 heavy (non-hydrogen) atoms. The van der Waals surface area contributed by atoms with Crippen molar-refractivity contribution in [3.8, 4) is 11.1 Å². The molecule has 0 unspecified atom stereocenters. The van der Waals surface area contributed by atoms with Crippen LogP contribution in [0.5, 0.6) is 0 Å². The van der Waals surface area contributed by atoms with Crippen molar-refractivity contribution < 1.29 is 13.2 Å². The lowest BCUT2D eigenvalue weighted by molar-refractivity contribution is 0.0945. The van der Waals surface area contributed by atoms with Crippen LogP contribution in [-0.4, -0.2) is 55.7 Å². The van der Waals surface area contributed by atoms with E-state index in [9.17, 15) is 13.2 Å². The van der Waals surface area contributed by atoms with Crippen LogP contribution in [0.25, 0.3) is 22.2 Å². The second-order valence-electron chi connectivity index (χ2n) is 10.4. The van der Waals surface area contributed by atoms with Crippen molar-refractivity contribution in [2.45, 2.75) is 56.0 Å². The van der Waals surface area contributed by atoms with E-state index >= 15 is 0 Å². The molecule has 1 aromatic carbocycles. The van der Waals surface area contributed by atoms with Gasteiger partial charge in [0.05, 0.1) is 29.0 Å². The summed E-state index contributed by atoms with van der Waals surface area (Å²) in [6.45, 7) is 0.946. The van der Waals surface area contributed by atoms with Gasteiger partial charge in [-0.1, -0.05) is 23.4 Å². The number of carbonyl (C=O) groups excluding carboxylic acids is 1. The molecule has 1 amide bonds. The Morgan fingerprint density at radius 1 is 1.05 bits per heavy atom. The van der Waals surface area contributed by atoms with Crippen molar-refractivity contribution in [2.24, 2.45) is 0 Å². The van der Waals surface area contributed by atoms with E-state index in [-0.39, 0.29) is 11.6 Å². The SMILES string of the molecule is CS(=O)(=O)c1cccc(-c2c(C3CC3)[nH]c3nnc(CCCCn4cc(C(=O)NCc5ccccn5)nn4)cc23)c1. The lowest BCUT2D eigenvalue weighted by atomic mass is 10.00. The molecule has 6 rings (SSSR count). The van der Waals surface area contributed by atoms with Crippen molar-refractivity contribution in [3.05, 3.63) is 83.7 Å². The number of hydrogen-bond donors (Lipinski definition) is 2. The summed E-state index contributed by atoms with van der Waals surface area (Å²) in [5.41, 5.74) is 5.60. The van der Waals surface area contributed by atoms with Crippen LogP contribution < -0.4 is 5.32 Å². The average molecular weight is 571 g/mol. The van der Waals surface area contributed by atoms with Crippen LogP contribution in [0.3, 0.4) is 0 Å². The number of carbonyl (C=O) groups is 1. The molecule has 0 spiro atoms. The molecule has 2 N–H and O–H groups in total. The van der Waals surface area contributed by atoms with Crippen LogP contribution >= 0.6 is 0 Å². The van der Waals surface area contributed by atoms with E-state index in [2.05, 4.69) is 41.9 Å². The zero-order valence-corrected chi connectivity index (χ0v) is 23.4. The van der Waals surface area contributed by atoms with E-state index in [0.29, 0.717) is 29.6 Å². The monoisotopic (exact) mass is 570 g/mol. The fourth-order valence-electron chi connectivity index (χ4n) is 4.90. The van der Waals surface area contributed by atoms with Gasteiger partial charge in [-0.15, -0.1) is 10.2 Å². The first-order valence-electron chi connectivity index (χ1n) is 13.6. The van der Waals surface area contributed by atoms with Crippen molar-refractivity contribution in [1.82, 2.24) is 40.5 Å². The van der Waals surface area contributed by atoms with Gasteiger partial charge in [-0.3, -0.25) is 14.5 Å². The number of hydrogen-bond acceptors (Lipinski definition) is 8. The number of rotatable bonds is 11. The summed E-state index contributed by atoms with van der Waals surface area (Å²) in [6.07, 6.45) is 9.15. The fourth-order valence-corrected chi connectivity index (χ4v) is 5.57. The predicted octanol–water partition coefficient (Wildman–Crippen LogP) is 3.85. The number of unbranched alkanes of at least 4 members (excludes halogenated alkanes) is 1. The van der Waals surface area contributed by atoms with Crippen LogP contribution in [0.1, 0.15) is 59.2 Å². The number of nitrogens with one attached hydrogen (secondary N) is 2. The van der Waals surface area contributed by atoms with Crippen molar-refractivity contribution in [3.63, 3.8) is 0 Å². The molecular weight excluding hydrogens is 540 g/mol. The number of amides is 1. The Balaban J connectivity index is 1.10. The number of benzene rings is 1. The molecule has 4 aromatic heterocycles. The number of H-pyrrole nitrogens is 1. The third-order valence-corrected chi connectivity index (χ3v) is 8.28. The van der Waals surface area contributed by atoms with Gasteiger partial charge in [0.1, 0.15) is 0 Å². The maximum Gasteiger partial charge on any atom is 0.273 e. The van der Waals surface area contributed by atoms with Gasteiger partial charge in [0.2, 0.25) is 0 Å². The molecule has 11 nitrogen and oxygen atoms in total. The average Bonchev–Trinajstić information content (AvgIpc) is 3.59. The van der Waals surface area contributed by atoms with E-state index in [1.807, 2.05) is 24.3 Å². The number of pyridine rings is 1. The number of sulfone groups is 1. The smallest absolute Gasteiger partial charge is 0.273 e. The first-order chi connectivity index (χ1) is 19.8. The van der Waals surface area contributed by atoms with Gasteiger partial charge >= 0.3 is 0 Å². The molecule has 1 aliphatic carbocycles. The van der Waals surface area contributed by atoms with Crippen molar-refractivity contribution >= 4 is 26.8 Å². The van der Waals surface area contributed by atoms with Gasteiger partial charge in [0.25, 0.3) is 5.91 Å². The van der Waals surface area contributed by atoms with Gasteiger partial charge in [-0.2, -0.15) is 5.10 Å². The summed E-state index contributed by atoms with van der Waals surface area (Å²) in [6, 6.07) is 14.7. The third-order valence-electron chi connectivity index (χ3n) is 7.17. The molecule has 0 saturated heterocycles. The Labute approximate surface area is 237 Å². The highest BCUT2D eigenvalue weighted by Crippen LogP contribution is 2.46. The molecule has 0 atom stereocenters. The number of nitrogens with zero attached hydrogens (tertiary/aromatic N) is 6. The number of aromatic nitrogens is 7. The highest BCUT2D eigenvalue weighted by atomic mass is 32.2. The summed E-state index contributed by atoms with van der Waals surface area (Å²) in [7, 11) is -3.33. The lowest BCUT2D eigenvalue weighted by Crippen LogP contribution is -2.23. The minimum atomic E-state index is -3.33. The molecule has 4 heterocycles. The fraction of sp³-hybridized carbons (Fsp3) is 0.310. The molecule has 0 bridgehead atoms. The molecule has 210 valence electrons. The summed E-state index contributed by atoms with van der Waals surface area (Å²) in [5, 5.41) is 20.8. The highest BCUT2D eigenvalue weighted by Gasteiger charge is 2.30. The molecule has 5 aromatic rings. The van der Waals surface area contributed by atoms with Crippen LogP contribution in [0.4, 0.5) is 0 Å². The Kier molecular flexibility index (Phi) is 7.31. The molecule has 1 aliphatic rings.